The zero-order valence-electron chi connectivity index (χ0n) is 8.28. The monoisotopic (exact) mass is 222 g/mol. The van der Waals surface area contributed by atoms with E-state index in [2.05, 4.69) is 6.92 Å². The molecule has 0 saturated carbocycles. The molecule has 0 bridgehead atoms. The molecule has 0 aromatic rings. The third-order valence-corrected chi connectivity index (χ3v) is 4.50. The Hall–Kier alpha value is 0.170. The molecule has 0 spiro atoms. The number of hydrogen-bond donors (Lipinski definition) is 1. The van der Waals surface area contributed by atoms with Crippen LogP contribution in [0.4, 0.5) is 0 Å². The molecule has 78 valence electrons. The minimum atomic E-state index is -0.717. The predicted molar refractivity (Wildman–Crippen MR) is 61.3 cm³/mol. The highest BCUT2D eigenvalue weighted by Crippen LogP contribution is 2.27. The Morgan fingerprint density at radius 3 is 2.62 bits per heavy atom. The topological polar surface area (TPSA) is 37.3 Å². The number of unbranched alkanes of at least 4 members (excludes halogenated alkanes) is 3. The van der Waals surface area contributed by atoms with E-state index in [9.17, 15) is 4.79 Å². The molecular weight excluding hydrogens is 204 g/mol. The Balaban J connectivity index is 3.11. The number of hydrogen-bond acceptors (Lipinski definition) is 3. The van der Waals surface area contributed by atoms with Crippen LogP contribution in [-0.2, 0) is 4.79 Å². The van der Waals surface area contributed by atoms with Crippen LogP contribution in [0.1, 0.15) is 39.5 Å². The van der Waals surface area contributed by atoms with E-state index in [1.807, 2.05) is 0 Å². The predicted octanol–water partition coefficient (Wildman–Crippen LogP) is 3.42. The van der Waals surface area contributed by atoms with Crippen molar-refractivity contribution in [3.8, 4) is 0 Å². The third-order valence-electron chi connectivity index (χ3n) is 1.64. The van der Waals surface area contributed by atoms with Gasteiger partial charge in [-0.3, -0.25) is 4.79 Å². The molecule has 0 saturated heterocycles. The van der Waals surface area contributed by atoms with E-state index in [4.69, 9.17) is 5.11 Å². The molecule has 0 amide bonds. The molecule has 0 rings (SSSR count). The van der Waals surface area contributed by atoms with Gasteiger partial charge in [-0.05, 0) is 13.3 Å². The van der Waals surface area contributed by atoms with Crippen molar-refractivity contribution in [2.75, 3.05) is 5.75 Å². The van der Waals surface area contributed by atoms with Crippen molar-refractivity contribution >= 4 is 27.6 Å². The molecule has 0 heterocycles. The van der Waals surface area contributed by atoms with Gasteiger partial charge in [0.25, 0.3) is 0 Å². The van der Waals surface area contributed by atoms with Crippen LogP contribution in [0, 0.1) is 0 Å². The average Bonchev–Trinajstić information content (AvgIpc) is 2.10. The van der Waals surface area contributed by atoms with E-state index < -0.39 is 5.97 Å². The molecule has 0 radical (unpaired) electrons. The van der Waals surface area contributed by atoms with Crippen molar-refractivity contribution < 1.29 is 9.90 Å². The summed E-state index contributed by atoms with van der Waals surface area (Å²) in [6.07, 6.45) is 5.02. The fourth-order valence-electron chi connectivity index (χ4n) is 0.779. The van der Waals surface area contributed by atoms with Gasteiger partial charge < -0.3 is 5.11 Å². The summed E-state index contributed by atoms with van der Waals surface area (Å²) in [5.74, 6) is 0.355. The Morgan fingerprint density at radius 2 is 2.08 bits per heavy atom. The Kier molecular flexibility index (Phi) is 8.87. The Morgan fingerprint density at radius 1 is 1.38 bits per heavy atom. The van der Waals surface area contributed by atoms with E-state index in [-0.39, 0.29) is 5.25 Å². The Labute approximate surface area is 88.3 Å². The number of rotatable bonds is 8. The summed E-state index contributed by atoms with van der Waals surface area (Å²) in [7, 11) is 3.14. The van der Waals surface area contributed by atoms with Crippen LogP contribution < -0.4 is 0 Å². The van der Waals surface area contributed by atoms with Crippen molar-refractivity contribution in [3.05, 3.63) is 0 Å². The first-order valence-electron chi connectivity index (χ1n) is 4.69. The SMILES string of the molecule is CCCCCCSSC(C)C(=O)O. The van der Waals surface area contributed by atoms with E-state index in [1.54, 1.807) is 17.7 Å². The molecule has 1 N–H and O–H groups in total. The first-order chi connectivity index (χ1) is 6.18. The van der Waals surface area contributed by atoms with Gasteiger partial charge in [-0.25, -0.2) is 0 Å². The van der Waals surface area contributed by atoms with Crippen LogP contribution in [0.5, 0.6) is 0 Å². The first-order valence-corrected chi connectivity index (χ1v) is 7.07. The summed E-state index contributed by atoms with van der Waals surface area (Å²) < 4.78 is 0. The van der Waals surface area contributed by atoms with Crippen molar-refractivity contribution in [2.45, 2.75) is 44.8 Å². The van der Waals surface area contributed by atoms with E-state index >= 15 is 0 Å². The van der Waals surface area contributed by atoms with Gasteiger partial charge in [0, 0.05) is 5.75 Å². The highest BCUT2D eigenvalue weighted by Gasteiger charge is 2.10. The number of carboxylic acid groups (broad SMARTS) is 1. The second-order valence-corrected chi connectivity index (χ2v) is 5.79. The van der Waals surface area contributed by atoms with E-state index in [0.29, 0.717) is 0 Å². The number of aliphatic carboxylic acids is 1. The quantitative estimate of drug-likeness (QED) is 0.504. The van der Waals surface area contributed by atoms with E-state index in [0.717, 1.165) is 5.75 Å². The van der Waals surface area contributed by atoms with Gasteiger partial charge in [-0.1, -0.05) is 47.8 Å². The molecule has 0 aliphatic heterocycles. The number of carboxylic acids is 1. The second-order valence-electron chi connectivity index (χ2n) is 2.96. The standard InChI is InChI=1S/C9H18O2S2/c1-3-4-5-6-7-12-13-8(2)9(10)11/h8H,3-7H2,1-2H3,(H,10,11). The lowest BCUT2D eigenvalue weighted by molar-refractivity contribution is -0.136. The van der Waals surface area contributed by atoms with Crippen LogP contribution in [0.3, 0.4) is 0 Å². The molecule has 0 aromatic heterocycles. The first kappa shape index (κ1) is 13.2. The average molecular weight is 222 g/mol. The molecule has 4 heteroatoms. The zero-order valence-corrected chi connectivity index (χ0v) is 9.92. The molecule has 0 aliphatic rings. The van der Waals surface area contributed by atoms with Crippen LogP contribution in [-0.4, -0.2) is 22.1 Å². The van der Waals surface area contributed by atoms with Gasteiger partial charge in [-0.2, -0.15) is 0 Å². The molecular formula is C9H18O2S2. The minimum absolute atomic E-state index is 0.281. The summed E-state index contributed by atoms with van der Waals surface area (Å²) in [5.41, 5.74) is 0. The van der Waals surface area contributed by atoms with E-state index in [1.165, 1.54) is 36.5 Å². The minimum Gasteiger partial charge on any atom is -0.480 e. The summed E-state index contributed by atoms with van der Waals surface area (Å²) in [6.45, 7) is 3.92. The van der Waals surface area contributed by atoms with Gasteiger partial charge in [0.05, 0.1) is 0 Å². The van der Waals surface area contributed by atoms with Gasteiger partial charge >= 0.3 is 5.97 Å². The van der Waals surface area contributed by atoms with Crippen LogP contribution in [0.15, 0.2) is 0 Å². The second kappa shape index (κ2) is 8.75. The maximum absolute atomic E-state index is 10.4. The summed E-state index contributed by atoms with van der Waals surface area (Å²) in [6, 6.07) is 0. The highest BCUT2D eigenvalue weighted by atomic mass is 33.1. The smallest absolute Gasteiger partial charge is 0.317 e. The lowest BCUT2D eigenvalue weighted by Crippen LogP contribution is -2.09. The molecule has 0 fully saturated rings. The summed E-state index contributed by atoms with van der Waals surface area (Å²) >= 11 is 0. The van der Waals surface area contributed by atoms with Crippen molar-refractivity contribution in [1.29, 1.82) is 0 Å². The van der Waals surface area contributed by atoms with Crippen molar-refractivity contribution in [1.82, 2.24) is 0 Å². The molecule has 2 nitrogen and oxygen atoms in total. The lowest BCUT2D eigenvalue weighted by atomic mass is 10.2. The number of carbonyl (C=O) groups is 1. The Bertz CT molecular complexity index is 140. The normalized spacial score (nSPS) is 12.8. The fourth-order valence-corrected chi connectivity index (χ4v) is 2.99. The molecule has 13 heavy (non-hydrogen) atoms. The van der Waals surface area contributed by atoms with Crippen molar-refractivity contribution in [2.24, 2.45) is 0 Å². The summed E-state index contributed by atoms with van der Waals surface area (Å²) in [4.78, 5) is 10.4. The van der Waals surface area contributed by atoms with Gasteiger partial charge in [-0.15, -0.1) is 0 Å². The maximum Gasteiger partial charge on any atom is 0.317 e. The molecule has 0 aliphatic carbocycles. The zero-order chi connectivity index (χ0) is 10.1. The molecule has 0 aromatic carbocycles. The van der Waals surface area contributed by atoms with Crippen LogP contribution in [0.2, 0.25) is 0 Å². The lowest BCUT2D eigenvalue weighted by Gasteiger charge is -2.04. The maximum atomic E-state index is 10.4. The van der Waals surface area contributed by atoms with Gasteiger partial charge in [0.15, 0.2) is 0 Å². The van der Waals surface area contributed by atoms with Crippen molar-refractivity contribution in [3.63, 3.8) is 0 Å². The largest absolute Gasteiger partial charge is 0.480 e. The summed E-state index contributed by atoms with van der Waals surface area (Å²) in [5, 5.41) is 8.31. The third kappa shape index (κ3) is 8.50. The highest BCUT2D eigenvalue weighted by molar-refractivity contribution is 8.77. The fraction of sp³-hybridized carbons (Fsp3) is 0.889. The van der Waals surface area contributed by atoms with Gasteiger partial charge in [0.2, 0.25) is 0 Å². The van der Waals surface area contributed by atoms with Gasteiger partial charge in [0.1, 0.15) is 5.25 Å². The van der Waals surface area contributed by atoms with Crippen LogP contribution in [0.25, 0.3) is 0 Å². The molecule has 1 atom stereocenters. The van der Waals surface area contributed by atoms with Crippen LogP contribution >= 0.6 is 21.6 Å². The molecule has 1 unspecified atom stereocenters.